The van der Waals surface area contributed by atoms with E-state index in [-0.39, 0.29) is 0 Å². The van der Waals surface area contributed by atoms with Crippen molar-refractivity contribution in [2.45, 2.75) is 19.4 Å². The number of aliphatic hydroxyl groups is 1. The molecule has 2 aromatic rings. The molecule has 16 heavy (non-hydrogen) atoms. The molecule has 0 aliphatic carbocycles. The Morgan fingerprint density at radius 2 is 2.25 bits per heavy atom. The van der Waals surface area contributed by atoms with Gasteiger partial charge in [-0.1, -0.05) is 18.5 Å². The molecule has 84 valence electrons. The van der Waals surface area contributed by atoms with Gasteiger partial charge >= 0.3 is 0 Å². The quantitative estimate of drug-likeness (QED) is 0.909. The van der Waals surface area contributed by atoms with E-state index in [2.05, 4.69) is 11.9 Å². The number of halogens is 1. The van der Waals surface area contributed by atoms with Crippen molar-refractivity contribution in [1.29, 1.82) is 0 Å². The number of hydrogen-bond acceptors (Lipinski definition) is 3. The van der Waals surface area contributed by atoms with Gasteiger partial charge in [0.2, 0.25) is 0 Å². The van der Waals surface area contributed by atoms with Crippen molar-refractivity contribution in [2.75, 3.05) is 0 Å². The Hall–Kier alpha value is -0.900. The molecular weight excluding hydrogens is 242 g/mol. The van der Waals surface area contributed by atoms with Crippen LogP contribution in [0.5, 0.6) is 0 Å². The summed E-state index contributed by atoms with van der Waals surface area (Å²) in [5.41, 5.74) is 1.98. The monoisotopic (exact) mass is 253 g/mol. The molecule has 0 aliphatic heterocycles. The molecule has 0 aliphatic rings. The van der Waals surface area contributed by atoms with Crippen molar-refractivity contribution in [3.05, 3.63) is 50.9 Å². The van der Waals surface area contributed by atoms with Crippen molar-refractivity contribution < 1.29 is 5.11 Å². The minimum atomic E-state index is -0.601. The van der Waals surface area contributed by atoms with E-state index in [0.29, 0.717) is 4.34 Å². The highest BCUT2D eigenvalue weighted by Crippen LogP contribution is 2.32. The van der Waals surface area contributed by atoms with Crippen molar-refractivity contribution in [1.82, 2.24) is 4.98 Å². The average Bonchev–Trinajstić information content (AvgIpc) is 2.75. The Morgan fingerprint density at radius 1 is 1.44 bits per heavy atom. The van der Waals surface area contributed by atoms with Crippen LogP contribution in [-0.2, 0) is 6.42 Å². The van der Waals surface area contributed by atoms with Crippen molar-refractivity contribution in [2.24, 2.45) is 0 Å². The standard InChI is InChI=1S/C12H12ClNOS/c1-2-8-7-14-6-5-9(8)12(15)10-3-4-11(13)16-10/h3-7,12,15H,2H2,1H3. The number of pyridine rings is 1. The summed E-state index contributed by atoms with van der Waals surface area (Å²) in [4.78, 5) is 4.93. The number of aromatic nitrogens is 1. The van der Waals surface area contributed by atoms with Gasteiger partial charge in [0.25, 0.3) is 0 Å². The lowest BCUT2D eigenvalue weighted by atomic mass is 10.0. The number of thiophene rings is 1. The molecule has 0 radical (unpaired) electrons. The van der Waals surface area contributed by atoms with Gasteiger partial charge in [-0.3, -0.25) is 4.98 Å². The maximum absolute atomic E-state index is 10.2. The summed E-state index contributed by atoms with van der Waals surface area (Å²) in [6, 6.07) is 5.52. The zero-order valence-electron chi connectivity index (χ0n) is 8.85. The van der Waals surface area contributed by atoms with Crippen LogP contribution < -0.4 is 0 Å². The van der Waals surface area contributed by atoms with E-state index in [9.17, 15) is 5.11 Å². The molecule has 4 heteroatoms. The number of aliphatic hydroxyl groups excluding tert-OH is 1. The van der Waals surface area contributed by atoms with Gasteiger partial charge in [0.05, 0.1) is 4.34 Å². The van der Waals surface area contributed by atoms with Crippen LogP contribution in [0.25, 0.3) is 0 Å². The van der Waals surface area contributed by atoms with Gasteiger partial charge in [-0.2, -0.15) is 0 Å². The fourth-order valence-electron chi connectivity index (χ4n) is 1.63. The predicted octanol–water partition coefficient (Wildman–Crippen LogP) is 3.44. The van der Waals surface area contributed by atoms with E-state index in [1.54, 1.807) is 18.5 Å². The second-order valence-electron chi connectivity index (χ2n) is 3.47. The number of nitrogens with zero attached hydrogens (tertiary/aromatic N) is 1. The van der Waals surface area contributed by atoms with Crippen LogP contribution in [0, 0.1) is 0 Å². The smallest absolute Gasteiger partial charge is 0.114 e. The van der Waals surface area contributed by atoms with Crippen LogP contribution in [0.3, 0.4) is 0 Å². The Bertz CT molecular complexity index is 483. The Kier molecular flexibility index (Phi) is 3.59. The van der Waals surface area contributed by atoms with Crippen molar-refractivity contribution in [3.8, 4) is 0 Å². The van der Waals surface area contributed by atoms with Gasteiger partial charge in [0.1, 0.15) is 6.10 Å². The number of aryl methyl sites for hydroxylation is 1. The molecule has 1 N–H and O–H groups in total. The van der Waals surface area contributed by atoms with E-state index in [4.69, 9.17) is 11.6 Å². The van der Waals surface area contributed by atoms with Crippen LogP contribution in [0.4, 0.5) is 0 Å². The summed E-state index contributed by atoms with van der Waals surface area (Å²) in [5.74, 6) is 0. The highest BCUT2D eigenvalue weighted by atomic mass is 35.5. The number of rotatable bonds is 3. The van der Waals surface area contributed by atoms with Gasteiger partial charge in [0, 0.05) is 17.3 Å². The second-order valence-corrected chi connectivity index (χ2v) is 5.22. The first kappa shape index (κ1) is 11.6. The number of hydrogen-bond donors (Lipinski definition) is 1. The molecule has 0 amide bonds. The van der Waals surface area contributed by atoms with Crippen LogP contribution in [0.1, 0.15) is 29.0 Å². The summed E-state index contributed by atoms with van der Waals surface area (Å²) in [6.07, 6.45) is 3.76. The van der Waals surface area contributed by atoms with E-state index in [1.807, 2.05) is 12.1 Å². The molecule has 2 aromatic heterocycles. The predicted molar refractivity (Wildman–Crippen MR) is 67.0 cm³/mol. The van der Waals surface area contributed by atoms with Crippen LogP contribution >= 0.6 is 22.9 Å². The zero-order chi connectivity index (χ0) is 11.5. The first-order chi connectivity index (χ1) is 7.72. The normalized spacial score (nSPS) is 12.7. The topological polar surface area (TPSA) is 33.1 Å². The molecule has 0 saturated heterocycles. The first-order valence-corrected chi connectivity index (χ1v) is 6.28. The molecule has 0 aromatic carbocycles. The maximum atomic E-state index is 10.2. The van der Waals surface area contributed by atoms with E-state index in [0.717, 1.165) is 22.4 Å². The first-order valence-electron chi connectivity index (χ1n) is 5.08. The second kappa shape index (κ2) is 4.95. The van der Waals surface area contributed by atoms with Crippen LogP contribution in [0.2, 0.25) is 4.34 Å². The third-order valence-electron chi connectivity index (χ3n) is 2.48. The summed E-state index contributed by atoms with van der Waals surface area (Å²) in [6.45, 7) is 2.05. The largest absolute Gasteiger partial charge is 0.383 e. The minimum absolute atomic E-state index is 0.601. The van der Waals surface area contributed by atoms with Gasteiger partial charge in [-0.25, -0.2) is 0 Å². The highest BCUT2D eigenvalue weighted by Gasteiger charge is 2.15. The molecule has 2 heterocycles. The Morgan fingerprint density at radius 3 is 2.88 bits per heavy atom. The Labute approximate surface area is 104 Å². The molecule has 0 spiro atoms. The summed E-state index contributed by atoms with van der Waals surface area (Å²) >= 11 is 7.27. The van der Waals surface area contributed by atoms with E-state index < -0.39 is 6.10 Å². The molecule has 1 unspecified atom stereocenters. The Balaban J connectivity index is 2.36. The molecule has 1 atom stereocenters. The average molecular weight is 254 g/mol. The van der Waals surface area contributed by atoms with Gasteiger partial charge in [-0.15, -0.1) is 11.3 Å². The van der Waals surface area contributed by atoms with Gasteiger partial charge in [-0.05, 0) is 35.7 Å². The molecule has 2 rings (SSSR count). The lowest BCUT2D eigenvalue weighted by Crippen LogP contribution is -2.02. The molecule has 0 bridgehead atoms. The molecule has 2 nitrogen and oxygen atoms in total. The van der Waals surface area contributed by atoms with Crippen molar-refractivity contribution in [3.63, 3.8) is 0 Å². The SMILES string of the molecule is CCc1cnccc1C(O)c1ccc(Cl)s1. The van der Waals surface area contributed by atoms with Gasteiger partial charge < -0.3 is 5.11 Å². The zero-order valence-corrected chi connectivity index (χ0v) is 10.4. The van der Waals surface area contributed by atoms with Gasteiger partial charge in [0.15, 0.2) is 0 Å². The molecule has 0 fully saturated rings. The third-order valence-corrected chi connectivity index (χ3v) is 3.76. The minimum Gasteiger partial charge on any atom is -0.383 e. The molecular formula is C12H12ClNOS. The lowest BCUT2D eigenvalue weighted by molar-refractivity contribution is 0.223. The van der Waals surface area contributed by atoms with Crippen molar-refractivity contribution >= 4 is 22.9 Å². The fourth-order valence-corrected chi connectivity index (χ4v) is 2.69. The third kappa shape index (κ3) is 2.26. The van der Waals surface area contributed by atoms with E-state index >= 15 is 0 Å². The lowest BCUT2D eigenvalue weighted by Gasteiger charge is -2.12. The fraction of sp³-hybridized carbons (Fsp3) is 0.250. The van der Waals surface area contributed by atoms with E-state index in [1.165, 1.54) is 11.3 Å². The van der Waals surface area contributed by atoms with Crippen LogP contribution in [-0.4, -0.2) is 10.1 Å². The van der Waals surface area contributed by atoms with Crippen LogP contribution in [0.15, 0.2) is 30.6 Å². The summed E-state index contributed by atoms with van der Waals surface area (Å²) in [7, 11) is 0. The highest BCUT2D eigenvalue weighted by molar-refractivity contribution is 7.16. The summed E-state index contributed by atoms with van der Waals surface area (Å²) < 4.78 is 0.696. The molecule has 0 saturated carbocycles. The maximum Gasteiger partial charge on any atom is 0.114 e. The summed E-state index contributed by atoms with van der Waals surface area (Å²) in [5, 5.41) is 10.2.